The molecule has 4 bridgehead atoms. The molecule has 2 atom stereocenters. The van der Waals surface area contributed by atoms with Crippen LogP contribution < -0.4 is 4.72 Å². The van der Waals surface area contributed by atoms with Crippen molar-refractivity contribution in [3.63, 3.8) is 0 Å². The Morgan fingerprint density at radius 2 is 1.71 bits per heavy atom. The van der Waals surface area contributed by atoms with Gasteiger partial charge in [0.15, 0.2) is 0 Å². The van der Waals surface area contributed by atoms with Gasteiger partial charge in [0.2, 0.25) is 10.0 Å². The SMILES string of the molecule is CC12CC3CC(C)(C1)CC(NS(=O)(=O)CCC(=O)O)(C3)C2. The minimum atomic E-state index is -3.52. The fourth-order valence-electron chi connectivity index (χ4n) is 6.16. The van der Waals surface area contributed by atoms with Gasteiger partial charge >= 0.3 is 5.97 Å². The van der Waals surface area contributed by atoms with E-state index in [1.165, 1.54) is 19.3 Å². The van der Waals surface area contributed by atoms with E-state index in [9.17, 15) is 13.2 Å². The Morgan fingerprint density at radius 1 is 1.14 bits per heavy atom. The van der Waals surface area contributed by atoms with Crippen LogP contribution in [0.3, 0.4) is 0 Å². The second-order valence-corrected chi connectivity index (χ2v) is 10.3. The van der Waals surface area contributed by atoms with E-state index in [-0.39, 0.29) is 28.5 Å². The van der Waals surface area contributed by atoms with Crippen molar-refractivity contribution in [2.45, 2.75) is 64.3 Å². The highest BCUT2D eigenvalue weighted by Gasteiger charge is 2.60. The number of sulfonamides is 1. The van der Waals surface area contributed by atoms with Crippen LogP contribution in [0.25, 0.3) is 0 Å². The second kappa shape index (κ2) is 4.44. The maximum Gasteiger partial charge on any atom is 0.304 e. The largest absolute Gasteiger partial charge is 0.481 e. The summed E-state index contributed by atoms with van der Waals surface area (Å²) in [5.41, 5.74) is 0.146. The zero-order valence-electron chi connectivity index (χ0n) is 12.8. The van der Waals surface area contributed by atoms with E-state index in [0.29, 0.717) is 5.92 Å². The van der Waals surface area contributed by atoms with Gasteiger partial charge in [-0.15, -0.1) is 0 Å². The maximum absolute atomic E-state index is 12.3. The summed E-state index contributed by atoms with van der Waals surface area (Å²) in [5.74, 6) is -0.773. The van der Waals surface area contributed by atoms with Crippen LogP contribution in [0.5, 0.6) is 0 Å². The number of nitrogens with one attached hydrogen (secondary N) is 1. The third kappa shape index (κ3) is 2.97. The lowest BCUT2D eigenvalue weighted by molar-refractivity contribution is -0.136. The van der Waals surface area contributed by atoms with Crippen molar-refractivity contribution < 1.29 is 18.3 Å². The fraction of sp³-hybridized carbons (Fsp3) is 0.933. The van der Waals surface area contributed by atoms with E-state index in [0.717, 1.165) is 19.3 Å². The molecule has 4 saturated carbocycles. The molecule has 0 saturated heterocycles. The van der Waals surface area contributed by atoms with Gasteiger partial charge in [-0.2, -0.15) is 0 Å². The second-order valence-electron chi connectivity index (χ2n) is 8.48. The predicted molar refractivity (Wildman–Crippen MR) is 79.3 cm³/mol. The van der Waals surface area contributed by atoms with Crippen LogP contribution in [0, 0.1) is 16.7 Å². The van der Waals surface area contributed by atoms with E-state index >= 15 is 0 Å². The van der Waals surface area contributed by atoms with Crippen molar-refractivity contribution >= 4 is 16.0 Å². The molecule has 120 valence electrons. The Morgan fingerprint density at radius 3 is 2.19 bits per heavy atom. The van der Waals surface area contributed by atoms with Crippen LogP contribution in [-0.4, -0.2) is 30.8 Å². The van der Waals surface area contributed by atoms with Crippen molar-refractivity contribution in [2.24, 2.45) is 16.7 Å². The molecule has 4 aliphatic rings. The van der Waals surface area contributed by atoms with Crippen molar-refractivity contribution in [3.8, 4) is 0 Å². The summed E-state index contributed by atoms with van der Waals surface area (Å²) in [6, 6.07) is 0. The minimum Gasteiger partial charge on any atom is -0.481 e. The van der Waals surface area contributed by atoms with Crippen molar-refractivity contribution in [1.29, 1.82) is 0 Å². The first-order valence-corrected chi connectivity index (χ1v) is 9.42. The summed E-state index contributed by atoms with van der Waals surface area (Å²) < 4.78 is 27.4. The van der Waals surface area contributed by atoms with Crippen molar-refractivity contribution in [2.75, 3.05) is 5.75 Å². The van der Waals surface area contributed by atoms with Crippen LogP contribution in [-0.2, 0) is 14.8 Å². The number of hydrogen-bond acceptors (Lipinski definition) is 3. The van der Waals surface area contributed by atoms with E-state index in [2.05, 4.69) is 18.6 Å². The molecule has 0 aromatic carbocycles. The van der Waals surface area contributed by atoms with Gasteiger partial charge in [-0.25, -0.2) is 13.1 Å². The first-order valence-electron chi connectivity index (χ1n) is 7.76. The molecule has 4 fully saturated rings. The molecule has 0 aliphatic heterocycles. The van der Waals surface area contributed by atoms with Gasteiger partial charge in [-0.05, 0) is 55.3 Å². The molecule has 0 radical (unpaired) electrons. The van der Waals surface area contributed by atoms with Gasteiger partial charge in [0.25, 0.3) is 0 Å². The monoisotopic (exact) mass is 315 g/mol. The Hall–Kier alpha value is -0.620. The van der Waals surface area contributed by atoms with E-state index < -0.39 is 16.0 Å². The van der Waals surface area contributed by atoms with Crippen LogP contribution in [0.1, 0.15) is 58.8 Å². The molecule has 5 nitrogen and oxygen atoms in total. The molecule has 21 heavy (non-hydrogen) atoms. The normalized spacial score (nSPS) is 45.0. The van der Waals surface area contributed by atoms with E-state index in [1.807, 2.05) is 0 Å². The van der Waals surface area contributed by atoms with Crippen LogP contribution in [0.15, 0.2) is 0 Å². The first-order chi connectivity index (χ1) is 9.53. The summed E-state index contributed by atoms with van der Waals surface area (Å²) in [7, 11) is -3.52. The lowest BCUT2D eigenvalue weighted by Crippen LogP contribution is -2.65. The lowest BCUT2D eigenvalue weighted by atomic mass is 9.43. The average Bonchev–Trinajstić information content (AvgIpc) is 2.19. The Labute approximate surface area is 126 Å². The lowest BCUT2D eigenvalue weighted by Gasteiger charge is -2.65. The molecule has 2 unspecified atom stereocenters. The summed E-state index contributed by atoms with van der Waals surface area (Å²) in [4.78, 5) is 10.6. The molecule has 0 spiro atoms. The van der Waals surface area contributed by atoms with Crippen molar-refractivity contribution in [1.82, 2.24) is 4.72 Å². The third-order valence-electron chi connectivity index (χ3n) is 5.58. The molecular weight excluding hydrogens is 290 g/mol. The molecule has 0 heterocycles. The van der Waals surface area contributed by atoms with Crippen LogP contribution in [0.4, 0.5) is 0 Å². The van der Waals surface area contributed by atoms with Crippen molar-refractivity contribution in [3.05, 3.63) is 0 Å². The fourth-order valence-corrected chi connectivity index (χ4v) is 7.60. The summed E-state index contributed by atoms with van der Waals surface area (Å²) in [6.07, 6.45) is 6.00. The van der Waals surface area contributed by atoms with Gasteiger partial charge < -0.3 is 5.11 Å². The van der Waals surface area contributed by atoms with E-state index in [1.54, 1.807) is 0 Å². The molecule has 0 amide bonds. The first kappa shape index (κ1) is 15.3. The highest BCUT2D eigenvalue weighted by molar-refractivity contribution is 7.89. The Balaban J connectivity index is 1.80. The predicted octanol–water partition coefficient (Wildman–Crippen LogP) is 2.13. The summed E-state index contributed by atoms with van der Waals surface area (Å²) >= 11 is 0. The Kier molecular flexibility index (Phi) is 3.23. The quantitative estimate of drug-likeness (QED) is 0.814. The number of rotatable bonds is 5. The third-order valence-corrected chi connectivity index (χ3v) is 7.07. The zero-order valence-corrected chi connectivity index (χ0v) is 13.6. The highest BCUT2D eigenvalue weighted by Crippen LogP contribution is 2.66. The topological polar surface area (TPSA) is 83.5 Å². The molecule has 6 heteroatoms. The standard InChI is InChI=1S/C15H25NO4S/c1-13-5-11-6-14(2,8-13)10-15(7-11,9-13)16-21(19,20)4-3-12(17)18/h11,16H,3-10H2,1-2H3,(H,17,18). The average molecular weight is 315 g/mol. The molecular formula is C15H25NO4S. The number of hydrogen-bond donors (Lipinski definition) is 2. The van der Waals surface area contributed by atoms with Gasteiger partial charge in [0.1, 0.15) is 0 Å². The summed E-state index contributed by atoms with van der Waals surface area (Å²) in [5, 5.41) is 8.70. The molecule has 0 aromatic rings. The Bertz CT molecular complexity index is 552. The minimum absolute atomic E-state index is 0.240. The van der Waals surface area contributed by atoms with Gasteiger partial charge in [-0.1, -0.05) is 13.8 Å². The van der Waals surface area contributed by atoms with Gasteiger partial charge in [0, 0.05) is 5.54 Å². The summed E-state index contributed by atoms with van der Waals surface area (Å²) in [6.45, 7) is 4.58. The zero-order chi connectivity index (χ0) is 15.5. The van der Waals surface area contributed by atoms with Gasteiger partial charge in [-0.3, -0.25) is 4.79 Å². The number of aliphatic carboxylic acids is 1. The van der Waals surface area contributed by atoms with E-state index in [4.69, 9.17) is 5.11 Å². The number of carboxylic acid groups (broad SMARTS) is 1. The molecule has 2 N–H and O–H groups in total. The van der Waals surface area contributed by atoms with Crippen LogP contribution >= 0.6 is 0 Å². The molecule has 0 aromatic heterocycles. The maximum atomic E-state index is 12.3. The van der Waals surface area contributed by atoms with Crippen LogP contribution in [0.2, 0.25) is 0 Å². The smallest absolute Gasteiger partial charge is 0.304 e. The highest BCUT2D eigenvalue weighted by atomic mass is 32.2. The van der Waals surface area contributed by atoms with Gasteiger partial charge in [0.05, 0.1) is 12.2 Å². The number of carbonyl (C=O) groups is 1. The number of carboxylic acids is 1. The molecule has 4 rings (SSSR count). The molecule has 4 aliphatic carbocycles.